The Balaban J connectivity index is 2.22. The summed E-state index contributed by atoms with van der Waals surface area (Å²) < 4.78 is 5.02. The van der Waals surface area contributed by atoms with Crippen molar-refractivity contribution in [3.63, 3.8) is 0 Å². The molecule has 0 spiro atoms. The number of hydrogen-bond donors (Lipinski definition) is 2. The first-order valence-corrected chi connectivity index (χ1v) is 3.30. The minimum absolute atomic E-state index is 0.270. The van der Waals surface area contributed by atoms with Crippen LogP contribution in [0.3, 0.4) is 0 Å². The molecule has 2 unspecified atom stereocenters. The lowest BCUT2D eigenvalue weighted by Crippen LogP contribution is -2.20. The summed E-state index contributed by atoms with van der Waals surface area (Å²) in [6, 6.07) is 0. The van der Waals surface area contributed by atoms with Crippen LogP contribution in [0.1, 0.15) is 6.42 Å². The van der Waals surface area contributed by atoms with Gasteiger partial charge >= 0.3 is 0 Å². The molecule has 1 aliphatic rings. The van der Waals surface area contributed by atoms with Crippen LogP contribution in [0.4, 0.5) is 0 Å². The molecule has 1 fully saturated rings. The fourth-order valence-corrected chi connectivity index (χ4v) is 1.08. The highest BCUT2D eigenvalue weighted by Crippen LogP contribution is 2.15. The standard InChI is InChI=1S/C6H13NO2/c7-2-1-5-3-9-4-6(5)8/h5-6,8H,1-4,7H2. The van der Waals surface area contributed by atoms with Crippen LogP contribution in [0, 0.1) is 5.92 Å². The van der Waals surface area contributed by atoms with E-state index >= 15 is 0 Å². The molecule has 0 aromatic carbocycles. The van der Waals surface area contributed by atoms with Crippen molar-refractivity contribution in [2.24, 2.45) is 11.7 Å². The van der Waals surface area contributed by atoms with Crippen molar-refractivity contribution in [2.45, 2.75) is 12.5 Å². The highest BCUT2D eigenvalue weighted by atomic mass is 16.5. The second-order valence-corrected chi connectivity index (χ2v) is 2.44. The van der Waals surface area contributed by atoms with E-state index in [4.69, 9.17) is 15.6 Å². The van der Waals surface area contributed by atoms with Gasteiger partial charge in [-0.05, 0) is 13.0 Å². The van der Waals surface area contributed by atoms with Gasteiger partial charge in [0.1, 0.15) is 0 Å². The van der Waals surface area contributed by atoms with Gasteiger partial charge in [0, 0.05) is 5.92 Å². The third kappa shape index (κ3) is 1.64. The van der Waals surface area contributed by atoms with E-state index in [1.165, 1.54) is 0 Å². The highest BCUT2D eigenvalue weighted by molar-refractivity contribution is 4.73. The Morgan fingerprint density at radius 1 is 1.56 bits per heavy atom. The zero-order chi connectivity index (χ0) is 6.69. The summed E-state index contributed by atoms with van der Waals surface area (Å²) in [5.41, 5.74) is 5.30. The largest absolute Gasteiger partial charge is 0.390 e. The van der Waals surface area contributed by atoms with Gasteiger partial charge in [0.15, 0.2) is 0 Å². The van der Waals surface area contributed by atoms with Gasteiger partial charge in [0.25, 0.3) is 0 Å². The zero-order valence-corrected chi connectivity index (χ0v) is 5.42. The molecule has 0 amide bonds. The van der Waals surface area contributed by atoms with Crippen LogP contribution >= 0.6 is 0 Å². The molecule has 1 rings (SSSR count). The summed E-state index contributed by atoms with van der Waals surface area (Å²) in [6.45, 7) is 1.81. The number of aliphatic hydroxyl groups is 1. The van der Waals surface area contributed by atoms with Gasteiger partial charge < -0.3 is 15.6 Å². The molecule has 2 atom stereocenters. The van der Waals surface area contributed by atoms with Gasteiger partial charge in [0.05, 0.1) is 19.3 Å². The van der Waals surface area contributed by atoms with Gasteiger partial charge in [-0.3, -0.25) is 0 Å². The molecule has 0 aliphatic carbocycles. The quantitative estimate of drug-likeness (QED) is 0.523. The van der Waals surface area contributed by atoms with Crippen LogP contribution in [0.25, 0.3) is 0 Å². The fourth-order valence-electron chi connectivity index (χ4n) is 1.08. The second-order valence-electron chi connectivity index (χ2n) is 2.44. The van der Waals surface area contributed by atoms with E-state index in [1.807, 2.05) is 0 Å². The predicted molar refractivity (Wildman–Crippen MR) is 34.0 cm³/mol. The Kier molecular flexibility index (Phi) is 2.45. The lowest BCUT2D eigenvalue weighted by atomic mass is 10.0. The lowest BCUT2D eigenvalue weighted by Gasteiger charge is -2.08. The molecule has 0 saturated carbocycles. The first-order chi connectivity index (χ1) is 4.34. The van der Waals surface area contributed by atoms with E-state index in [2.05, 4.69) is 0 Å². The summed E-state index contributed by atoms with van der Waals surface area (Å²) in [4.78, 5) is 0. The van der Waals surface area contributed by atoms with Crippen molar-refractivity contribution in [1.29, 1.82) is 0 Å². The molecule has 0 aromatic heterocycles. The van der Waals surface area contributed by atoms with Crippen molar-refractivity contribution in [3.05, 3.63) is 0 Å². The minimum atomic E-state index is -0.270. The highest BCUT2D eigenvalue weighted by Gasteiger charge is 2.24. The SMILES string of the molecule is NCCC1COCC1O. The average Bonchev–Trinajstić information content (AvgIpc) is 2.18. The Morgan fingerprint density at radius 2 is 2.33 bits per heavy atom. The summed E-state index contributed by atoms with van der Waals surface area (Å²) in [5.74, 6) is 0.287. The van der Waals surface area contributed by atoms with Gasteiger partial charge in [0.2, 0.25) is 0 Å². The monoisotopic (exact) mass is 131 g/mol. The number of ether oxygens (including phenoxy) is 1. The summed E-state index contributed by atoms with van der Waals surface area (Å²) in [7, 11) is 0. The zero-order valence-electron chi connectivity index (χ0n) is 5.42. The first-order valence-electron chi connectivity index (χ1n) is 3.30. The lowest BCUT2D eigenvalue weighted by molar-refractivity contribution is 0.117. The number of nitrogens with two attached hydrogens (primary N) is 1. The van der Waals surface area contributed by atoms with E-state index < -0.39 is 0 Å². The van der Waals surface area contributed by atoms with Crippen LogP contribution < -0.4 is 5.73 Å². The Bertz CT molecular complexity index is 87.1. The third-order valence-corrected chi connectivity index (χ3v) is 1.70. The van der Waals surface area contributed by atoms with E-state index in [0.717, 1.165) is 6.42 Å². The Morgan fingerprint density at radius 3 is 2.78 bits per heavy atom. The van der Waals surface area contributed by atoms with Crippen molar-refractivity contribution in [2.75, 3.05) is 19.8 Å². The summed E-state index contributed by atoms with van der Waals surface area (Å²) in [6.07, 6.45) is 0.606. The number of aliphatic hydroxyl groups excluding tert-OH is 1. The van der Waals surface area contributed by atoms with Crippen LogP contribution in [0.2, 0.25) is 0 Å². The maximum Gasteiger partial charge on any atom is 0.0824 e. The molecule has 1 aliphatic heterocycles. The summed E-state index contributed by atoms with van der Waals surface area (Å²) >= 11 is 0. The molecule has 1 saturated heterocycles. The van der Waals surface area contributed by atoms with Crippen molar-refractivity contribution in [3.8, 4) is 0 Å². The van der Waals surface area contributed by atoms with Crippen LogP contribution in [0.5, 0.6) is 0 Å². The van der Waals surface area contributed by atoms with Crippen molar-refractivity contribution < 1.29 is 9.84 Å². The van der Waals surface area contributed by atoms with Crippen molar-refractivity contribution in [1.82, 2.24) is 0 Å². The molecule has 1 heterocycles. The Hall–Kier alpha value is -0.120. The smallest absolute Gasteiger partial charge is 0.0824 e. The molecule has 54 valence electrons. The maximum absolute atomic E-state index is 9.14. The third-order valence-electron chi connectivity index (χ3n) is 1.70. The predicted octanol–water partition coefficient (Wildman–Crippen LogP) is -0.658. The number of rotatable bonds is 2. The molecule has 9 heavy (non-hydrogen) atoms. The molecule has 3 nitrogen and oxygen atoms in total. The van der Waals surface area contributed by atoms with E-state index in [9.17, 15) is 0 Å². The molecule has 0 radical (unpaired) electrons. The number of hydrogen-bond acceptors (Lipinski definition) is 3. The topological polar surface area (TPSA) is 55.5 Å². The minimum Gasteiger partial charge on any atom is -0.390 e. The van der Waals surface area contributed by atoms with Crippen LogP contribution in [0.15, 0.2) is 0 Å². The maximum atomic E-state index is 9.14. The van der Waals surface area contributed by atoms with E-state index in [0.29, 0.717) is 19.8 Å². The second kappa shape index (κ2) is 3.15. The molecular weight excluding hydrogens is 118 g/mol. The molecule has 3 N–H and O–H groups in total. The van der Waals surface area contributed by atoms with E-state index in [-0.39, 0.29) is 12.0 Å². The summed E-state index contributed by atoms with van der Waals surface area (Å²) in [5, 5.41) is 9.14. The van der Waals surface area contributed by atoms with Crippen molar-refractivity contribution >= 4 is 0 Å². The molecule has 3 heteroatoms. The van der Waals surface area contributed by atoms with Crippen LogP contribution in [-0.2, 0) is 4.74 Å². The van der Waals surface area contributed by atoms with Gasteiger partial charge in [-0.25, -0.2) is 0 Å². The van der Waals surface area contributed by atoms with Gasteiger partial charge in [-0.2, -0.15) is 0 Å². The van der Waals surface area contributed by atoms with Gasteiger partial charge in [-0.1, -0.05) is 0 Å². The van der Waals surface area contributed by atoms with E-state index in [1.54, 1.807) is 0 Å². The normalized spacial score (nSPS) is 35.3. The molecule has 0 aromatic rings. The average molecular weight is 131 g/mol. The van der Waals surface area contributed by atoms with Gasteiger partial charge in [-0.15, -0.1) is 0 Å². The molecular formula is C6H13NO2. The molecule has 0 bridgehead atoms. The van der Waals surface area contributed by atoms with Crippen LogP contribution in [-0.4, -0.2) is 31.0 Å². The Labute approximate surface area is 54.8 Å². The first kappa shape index (κ1) is 6.99. The fraction of sp³-hybridized carbons (Fsp3) is 1.00.